The minimum atomic E-state index is -0.899. The number of carboxylic acid groups (broad SMARTS) is 1. The maximum Gasteiger partial charge on any atom is 0.303 e. The number of hydrogen-bond acceptors (Lipinski definition) is 5. The molecule has 1 aliphatic heterocycles. The van der Waals surface area contributed by atoms with E-state index in [1.54, 1.807) is 23.7 Å². The first-order valence-corrected chi connectivity index (χ1v) is 8.21. The van der Waals surface area contributed by atoms with Crippen molar-refractivity contribution < 1.29 is 19.1 Å². The van der Waals surface area contributed by atoms with Gasteiger partial charge in [-0.15, -0.1) is 11.3 Å². The van der Waals surface area contributed by atoms with Crippen LogP contribution >= 0.6 is 11.3 Å². The number of carbonyl (C=O) groups excluding carboxylic acids is 1. The van der Waals surface area contributed by atoms with E-state index >= 15 is 0 Å². The molecule has 0 saturated carbocycles. The molecule has 0 saturated heterocycles. The Labute approximate surface area is 137 Å². The van der Waals surface area contributed by atoms with Crippen LogP contribution in [0.25, 0.3) is 0 Å². The molecule has 0 aromatic carbocycles. The number of carbonyl (C=O) groups is 2. The monoisotopic (exact) mass is 332 g/mol. The number of aliphatic carboxylic acids is 1. The molecule has 0 bridgehead atoms. The highest BCUT2D eigenvalue weighted by molar-refractivity contribution is 7.12. The summed E-state index contributed by atoms with van der Waals surface area (Å²) < 4.78 is 5.45. The van der Waals surface area contributed by atoms with Crippen LogP contribution in [0.3, 0.4) is 0 Å². The molecule has 3 rings (SSSR count). The molecule has 6 nitrogen and oxygen atoms in total. The van der Waals surface area contributed by atoms with E-state index in [4.69, 9.17) is 9.52 Å². The fourth-order valence-corrected chi connectivity index (χ4v) is 3.26. The van der Waals surface area contributed by atoms with Gasteiger partial charge in [-0.3, -0.25) is 9.59 Å². The van der Waals surface area contributed by atoms with Gasteiger partial charge in [0.2, 0.25) is 5.91 Å². The summed E-state index contributed by atoms with van der Waals surface area (Å²) in [6.45, 7) is 0. The Kier molecular flexibility index (Phi) is 4.57. The predicted molar refractivity (Wildman–Crippen MR) is 85.3 cm³/mol. The van der Waals surface area contributed by atoms with Gasteiger partial charge < -0.3 is 9.52 Å². The van der Waals surface area contributed by atoms with Crippen molar-refractivity contribution in [2.24, 2.45) is 5.10 Å². The van der Waals surface area contributed by atoms with E-state index in [0.717, 1.165) is 10.6 Å². The summed E-state index contributed by atoms with van der Waals surface area (Å²) in [5.41, 5.74) is 0.855. The van der Waals surface area contributed by atoms with E-state index in [2.05, 4.69) is 5.10 Å². The normalized spacial score (nSPS) is 17.3. The first-order chi connectivity index (χ1) is 11.1. The van der Waals surface area contributed by atoms with Crippen LogP contribution < -0.4 is 0 Å². The third-order valence-corrected chi connectivity index (χ3v) is 4.54. The van der Waals surface area contributed by atoms with Crippen molar-refractivity contribution in [3.8, 4) is 0 Å². The average Bonchev–Trinajstić information content (AvgIpc) is 3.26. The number of carboxylic acids is 1. The molecule has 3 heterocycles. The smallest absolute Gasteiger partial charge is 0.303 e. The van der Waals surface area contributed by atoms with Crippen molar-refractivity contribution in [1.29, 1.82) is 0 Å². The van der Waals surface area contributed by atoms with Gasteiger partial charge in [-0.05, 0) is 30.0 Å². The Bertz CT molecular complexity index is 707. The lowest BCUT2D eigenvalue weighted by molar-refractivity contribution is -0.137. The lowest BCUT2D eigenvalue weighted by atomic mass is 10.1. The second-order valence-electron chi connectivity index (χ2n) is 5.24. The molecule has 1 atom stereocenters. The molecule has 0 spiro atoms. The third-order valence-electron chi connectivity index (χ3n) is 3.62. The first-order valence-electron chi connectivity index (χ1n) is 7.34. The van der Waals surface area contributed by atoms with Crippen molar-refractivity contribution in [3.05, 3.63) is 46.5 Å². The van der Waals surface area contributed by atoms with Gasteiger partial charge in [0, 0.05) is 19.3 Å². The van der Waals surface area contributed by atoms with Crippen LogP contribution in [0, 0.1) is 0 Å². The topological polar surface area (TPSA) is 83.1 Å². The van der Waals surface area contributed by atoms with Crippen LogP contribution in [0.15, 0.2) is 45.4 Å². The van der Waals surface area contributed by atoms with E-state index < -0.39 is 5.97 Å². The lowest BCUT2D eigenvalue weighted by Crippen LogP contribution is -2.26. The number of thiophene rings is 1. The molecule has 0 aliphatic carbocycles. The van der Waals surface area contributed by atoms with Gasteiger partial charge in [0.05, 0.1) is 16.9 Å². The number of hydrogen-bond donors (Lipinski definition) is 1. The predicted octanol–water partition coefficient (Wildman–Crippen LogP) is 3.27. The number of hydrazone groups is 1. The molecule has 1 aliphatic rings. The van der Waals surface area contributed by atoms with E-state index in [0.29, 0.717) is 18.6 Å². The molecule has 0 radical (unpaired) electrons. The molecular formula is C16H16N2O4S. The van der Waals surface area contributed by atoms with Crippen LogP contribution in [0.2, 0.25) is 0 Å². The quantitative estimate of drug-likeness (QED) is 0.880. The number of amides is 1. The van der Waals surface area contributed by atoms with Gasteiger partial charge in [0.15, 0.2) is 0 Å². The fraction of sp³-hybridized carbons (Fsp3) is 0.312. The number of furan rings is 1. The SMILES string of the molecule is O=C(O)CCCC(=O)N1N=C(c2cccs2)C[C@@H]1c1ccco1. The minimum Gasteiger partial charge on any atom is -0.481 e. The van der Waals surface area contributed by atoms with Crippen LogP contribution in [0.1, 0.15) is 42.4 Å². The highest BCUT2D eigenvalue weighted by Crippen LogP contribution is 2.34. The van der Waals surface area contributed by atoms with Gasteiger partial charge in [-0.25, -0.2) is 5.01 Å². The van der Waals surface area contributed by atoms with Gasteiger partial charge in [0.1, 0.15) is 11.8 Å². The Morgan fingerprint density at radius 1 is 1.35 bits per heavy atom. The summed E-state index contributed by atoms with van der Waals surface area (Å²) in [7, 11) is 0. The third kappa shape index (κ3) is 3.50. The number of rotatable bonds is 6. The highest BCUT2D eigenvalue weighted by atomic mass is 32.1. The molecule has 1 amide bonds. The standard InChI is InChI=1S/C16H16N2O4S/c19-15(6-1-7-16(20)21)18-12(13-4-2-8-22-13)10-11(17-18)14-5-3-9-23-14/h2-5,8-9,12H,1,6-7,10H2,(H,20,21)/t12-/m1/s1. The number of nitrogens with zero attached hydrogens (tertiary/aromatic N) is 2. The fourth-order valence-electron chi connectivity index (χ4n) is 2.54. The Balaban J connectivity index is 1.77. The van der Waals surface area contributed by atoms with Crippen LogP contribution in [0.4, 0.5) is 0 Å². The first kappa shape index (κ1) is 15.5. The van der Waals surface area contributed by atoms with E-state index in [1.807, 2.05) is 23.6 Å². The maximum atomic E-state index is 12.4. The van der Waals surface area contributed by atoms with Gasteiger partial charge >= 0.3 is 5.97 Å². The molecule has 2 aromatic heterocycles. The summed E-state index contributed by atoms with van der Waals surface area (Å²) in [4.78, 5) is 24.1. The van der Waals surface area contributed by atoms with E-state index in [1.165, 1.54) is 5.01 Å². The van der Waals surface area contributed by atoms with E-state index in [-0.39, 0.29) is 24.8 Å². The van der Waals surface area contributed by atoms with Crippen molar-refractivity contribution in [2.75, 3.05) is 0 Å². The second-order valence-corrected chi connectivity index (χ2v) is 6.19. The summed E-state index contributed by atoms with van der Waals surface area (Å²) in [5.74, 6) is -0.393. The summed E-state index contributed by atoms with van der Waals surface area (Å²) in [5, 5.41) is 16.6. The highest BCUT2D eigenvalue weighted by Gasteiger charge is 2.34. The Hall–Kier alpha value is -2.41. The van der Waals surface area contributed by atoms with Gasteiger partial charge in [0.25, 0.3) is 0 Å². The van der Waals surface area contributed by atoms with E-state index in [9.17, 15) is 9.59 Å². The second kappa shape index (κ2) is 6.78. The summed E-state index contributed by atoms with van der Waals surface area (Å²) in [6.07, 6.45) is 2.61. The summed E-state index contributed by atoms with van der Waals surface area (Å²) >= 11 is 1.58. The van der Waals surface area contributed by atoms with Crippen molar-refractivity contribution >= 4 is 28.9 Å². The molecule has 7 heteroatoms. The average molecular weight is 332 g/mol. The molecule has 23 heavy (non-hydrogen) atoms. The van der Waals surface area contributed by atoms with Gasteiger partial charge in [-0.1, -0.05) is 6.07 Å². The molecule has 120 valence electrons. The van der Waals surface area contributed by atoms with Crippen LogP contribution in [0.5, 0.6) is 0 Å². The zero-order valence-corrected chi connectivity index (χ0v) is 13.2. The zero-order valence-electron chi connectivity index (χ0n) is 12.3. The molecule has 1 N–H and O–H groups in total. The lowest BCUT2D eigenvalue weighted by Gasteiger charge is -2.19. The minimum absolute atomic E-state index is 0.0213. The molecule has 2 aromatic rings. The van der Waals surface area contributed by atoms with Crippen molar-refractivity contribution in [2.45, 2.75) is 31.7 Å². The zero-order chi connectivity index (χ0) is 16.2. The van der Waals surface area contributed by atoms with Crippen LogP contribution in [-0.4, -0.2) is 27.7 Å². The molecule has 0 fully saturated rings. The Morgan fingerprint density at radius 3 is 2.87 bits per heavy atom. The molecule has 0 unspecified atom stereocenters. The molecular weight excluding hydrogens is 316 g/mol. The maximum absolute atomic E-state index is 12.4. The van der Waals surface area contributed by atoms with Crippen molar-refractivity contribution in [3.63, 3.8) is 0 Å². The van der Waals surface area contributed by atoms with Gasteiger partial charge in [-0.2, -0.15) is 5.10 Å². The van der Waals surface area contributed by atoms with Crippen LogP contribution in [-0.2, 0) is 9.59 Å². The Morgan fingerprint density at radius 2 is 2.22 bits per heavy atom. The summed E-state index contributed by atoms with van der Waals surface area (Å²) in [6, 6.07) is 7.27. The largest absolute Gasteiger partial charge is 0.481 e. The van der Waals surface area contributed by atoms with Crippen molar-refractivity contribution in [1.82, 2.24) is 5.01 Å².